The van der Waals surface area contributed by atoms with Gasteiger partial charge in [-0.1, -0.05) is 36.4 Å². The zero-order valence-electron chi connectivity index (χ0n) is 16.0. The van der Waals surface area contributed by atoms with E-state index in [2.05, 4.69) is 33.8 Å². The Bertz CT molecular complexity index is 827. The minimum atomic E-state index is -2.92. The molecule has 5 nitrogen and oxygen atoms in total. The molecule has 0 bridgehead atoms. The van der Waals surface area contributed by atoms with Gasteiger partial charge in [-0.05, 0) is 30.5 Å². The van der Waals surface area contributed by atoms with Crippen LogP contribution in [0.25, 0.3) is 0 Å². The standard InChI is InChI=1S/C21H25F2N3O2/c1-3-27-18-10-6-8-15(19(18)28-20(22)23)12-25-21(24-2)26-13-16-11-14-7-4-5-9-17(14)16/h4-10,16,20H,3,11-13H2,1-2H3,(H2,24,25,26). The highest BCUT2D eigenvalue weighted by Gasteiger charge is 2.25. The van der Waals surface area contributed by atoms with E-state index in [9.17, 15) is 8.78 Å². The molecule has 3 rings (SSSR count). The molecule has 0 aliphatic heterocycles. The second-order valence-electron chi connectivity index (χ2n) is 6.46. The van der Waals surface area contributed by atoms with Crippen molar-refractivity contribution in [1.29, 1.82) is 0 Å². The lowest BCUT2D eigenvalue weighted by atomic mass is 9.78. The van der Waals surface area contributed by atoms with Crippen molar-refractivity contribution in [3.05, 3.63) is 59.2 Å². The summed E-state index contributed by atoms with van der Waals surface area (Å²) < 4.78 is 35.8. The maximum atomic E-state index is 12.8. The lowest BCUT2D eigenvalue weighted by molar-refractivity contribution is -0.0520. The number of guanidine groups is 1. The van der Waals surface area contributed by atoms with E-state index in [0.717, 1.165) is 13.0 Å². The van der Waals surface area contributed by atoms with Crippen LogP contribution in [0.15, 0.2) is 47.5 Å². The Labute approximate surface area is 163 Å². The van der Waals surface area contributed by atoms with E-state index in [1.165, 1.54) is 11.1 Å². The van der Waals surface area contributed by atoms with Crippen molar-refractivity contribution in [1.82, 2.24) is 10.6 Å². The number of hydrogen-bond acceptors (Lipinski definition) is 3. The highest BCUT2D eigenvalue weighted by Crippen LogP contribution is 2.34. The molecule has 1 aliphatic carbocycles. The molecule has 150 valence electrons. The third kappa shape index (κ3) is 4.71. The van der Waals surface area contributed by atoms with Crippen LogP contribution in [0.2, 0.25) is 0 Å². The van der Waals surface area contributed by atoms with Gasteiger partial charge in [0.25, 0.3) is 0 Å². The summed E-state index contributed by atoms with van der Waals surface area (Å²) in [6.07, 6.45) is 1.04. The lowest BCUT2D eigenvalue weighted by Gasteiger charge is -2.30. The molecule has 7 heteroatoms. The van der Waals surface area contributed by atoms with Crippen LogP contribution in [0.5, 0.6) is 11.5 Å². The van der Waals surface area contributed by atoms with E-state index in [1.807, 2.05) is 6.07 Å². The van der Waals surface area contributed by atoms with Crippen molar-refractivity contribution >= 4 is 5.96 Å². The molecule has 1 aliphatic rings. The minimum absolute atomic E-state index is 0.0511. The predicted molar refractivity (Wildman–Crippen MR) is 105 cm³/mol. The summed E-state index contributed by atoms with van der Waals surface area (Å²) in [5.74, 6) is 1.41. The van der Waals surface area contributed by atoms with Crippen molar-refractivity contribution in [2.24, 2.45) is 4.99 Å². The summed E-state index contributed by atoms with van der Waals surface area (Å²) in [4.78, 5) is 4.21. The van der Waals surface area contributed by atoms with Gasteiger partial charge in [0.15, 0.2) is 17.5 Å². The fourth-order valence-electron chi connectivity index (χ4n) is 3.36. The van der Waals surface area contributed by atoms with E-state index in [1.54, 1.807) is 32.2 Å². The molecule has 0 fully saturated rings. The van der Waals surface area contributed by atoms with Crippen LogP contribution in [-0.2, 0) is 13.0 Å². The topological polar surface area (TPSA) is 54.9 Å². The van der Waals surface area contributed by atoms with Gasteiger partial charge in [0.1, 0.15) is 0 Å². The van der Waals surface area contributed by atoms with Crippen LogP contribution in [-0.4, -0.2) is 32.8 Å². The van der Waals surface area contributed by atoms with Gasteiger partial charge in [-0.2, -0.15) is 8.78 Å². The van der Waals surface area contributed by atoms with Crippen LogP contribution in [0.4, 0.5) is 8.78 Å². The Morgan fingerprint density at radius 3 is 2.71 bits per heavy atom. The highest BCUT2D eigenvalue weighted by atomic mass is 19.3. The predicted octanol–water partition coefficient (Wildman–Crippen LogP) is 3.69. The average Bonchev–Trinajstić information content (AvgIpc) is 2.66. The van der Waals surface area contributed by atoms with Crippen molar-refractivity contribution in [3.8, 4) is 11.5 Å². The first kappa shape index (κ1) is 19.9. The summed E-state index contributed by atoms with van der Waals surface area (Å²) in [7, 11) is 1.68. The monoisotopic (exact) mass is 389 g/mol. The molecule has 28 heavy (non-hydrogen) atoms. The molecule has 0 radical (unpaired) electrons. The molecule has 0 spiro atoms. The number of hydrogen-bond donors (Lipinski definition) is 2. The second kappa shape index (κ2) is 9.39. The highest BCUT2D eigenvalue weighted by molar-refractivity contribution is 5.79. The average molecular weight is 389 g/mol. The molecule has 0 amide bonds. The number of benzene rings is 2. The number of para-hydroxylation sites is 1. The largest absolute Gasteiger partial charge is 0.490 e. The van der Waals surface area contributed by atoms with E-state index < -0.39 is 6.61 Å². The number of nitrogens with one attached hydrogen (secondary N) is 2. The third-order valence-corrected chi connectivity index (χ3v) is 4.71. The van der Waals surface area contributed by atoms with E-state index >= 15 is 0 Å². The molecule has 1 atom stereocenters. The quantitative estimate of drug-likeness (QED) is 0.534. The maximum absolute atomic E-state index is 12.8. The molecule has 0 saturated heterocycles. The Morgan fingerprint density at radius 1 is 1.18 bits per heavy atom. The van der Waals surface area contributed by atoms with E-state index in [-0.39, 0.29) is 12.3 Å². The van der Waals surface area contributed by atoms with Gasteiger partial charge in [-0.3, -0.25) is 4.99 Å². The molecule has 2 aromatic carbocycles. The fourth-order valence-corrected chi connectivity index (χ4v) is 3.36. The molecule has 1 unspecified atom stereocenters. The van der Waals surface area contributed by atoms with Gasteiger partial charge >= 0.3 is 6.61 Å². The zero-order chi connectivity index (χ0) is 19.9. The first-order chi connectivity index (χ1) is 13.6. The molecule has 2 N–H and O–H groups in total. The van der Waals surface area contributed by atoms with Crippen molar-refractivity contribution in [3.63, 3.8) is 0 Å². The normalized spacial score (nSPS) is 15.6. The number of ether oxygens (including phenoxy) is 2. The molecular weight excluding hydrogens is 364 g/mol. The van der Waals surface area contributed by atoms with Crippen molar-refractivity contribution < 1.29 is 18.3 Å². The van der Waals surface area contributed by atoms with Crippen molar-refractivity contribution in [2.45, 2.75) is 32.4 Å². The first-order valence-electron chi connectivity index (χ1n) is 9.34. The van der Waals surface area contributed by atoms with Crippen LogP contribution >= 0.6 is 0 Å². The number of alkyl halides is 2. The summed E-state index contributed by atoms with van der Waals surface area (Å²) in [5.41, 5.74) is 3.32. The molecule has 2 aromatic rings. The lowest BCUT2D eigenvalue weighted by Crippen LogP contribution is -2.40. The van der Waals surface area contributed by atoms with Gasteiger partial charge in [0.05, 0.1) is 6.61 Å². The summed E-state index contributed by atoms with van der Waals surface area (Å²) in [6, 6.07) is 13.5. The molecular formula is C21H25F2N3O2. The molecule has 0 aromatic heterocycles. The van der Waals surface area contributed by atoms with Gasteiger partial charge in [-0.25, -0.2) is 0 Å². The number of nitrogens with zero attached hydrogens (tertiary/aromatic N) is 1. The summed E-state index contributed by atoms with van der Waals surface area (Å²) >= 11 is 0. The molecule has 0 saturated carbocycles. The summed E-state index contributed by atoms with van der Waals surface area (Å²) in [6.45, 7) is 0.278. The van der Waals surface area contributed by atoms with E-state index in [4.69, 9.17) is 9.47 Å². The van der Waals surface area contributed by atoms with Crippen LogP contribution < -0.4 is 20.1 Å². The smallest absolute Gasteiger partial charge is 0.387 e. The number of fused-ring (bicyclic) bond motifs is 1. The molecule has 0 heterocycles. The zero-order valence-corrected chi connectivity index (χ0v) is 16.0. The fraction of sp³-hybridized carbons (Fsp3) is 0.381. The Balaban J connectivity index is 1.60. The van der Waals surface area contributed by atoms with E-state index in [0.29, 0.717) is 29.8 Å². The van der Waals surface area contributed by atoms with Gasteiger partial charge < -0.3 is 20.1 Å². The maximum Gasteiger partial charge on any atom is 0.387 e. The first-order valence-corrected chi connectivity index (χ1v) is 9.34. The SMILES string of the molecule is CCOc1cccc(CNC(=NC)NCC2Cc3ccccc32)c1OC(F)F. The van der Waals surface area contributed by atoms with Crippen LogP contribution in [0, 0.1) is 0 Å². The Hall–Kier alpha value is -2.83. The summed E-state index contributed by atoms with van der Waals surface area (Å²) in [5, 5.41) is 6.46. The number of rotatable bonds is 8. The van der Waals surface area contributed by atoms with Crippen LogP contribution in [0.3, 0.4) is 0 Å². The Morgan fingerprint density at radius 2 is 2.00 bits per heavy atom. The number of halogens is 2. The Kier molecular flexibility index (Phi) is 6.68. The van der Waals surface area contributed by atoms with Crippen molar-refractivity contribution in [2.75, 3.05) is 20.2 Å². The minimum Gasteiger partial charge on any atom is -0.490 e. The van der Waals surface area contributed by atoms with Crippen LogP contribution in [0.1, 0.15) is 29.5 Å². The van der Waals surface area contributed by atoms with Gasteiger partial charge in [0, 0.05) is 31.6 Å². The third-order valence-electron chi connectivity index (χ3n) is 4.71. The van der Waals surface area contributed by atoms with Gasteiger partial charge in [-0.15, -0.1) is 0 Å². The second-order valence-corrected chi connectivity index (χ2v) is 6.46. The van der Waals surface area contributed by atoms with Gasteiger partial charge in [0.2, 0.25) is 0 Å². The number of aliphatic imine (C=N–C) groups is 1.